The number of aromatic nitrogens is 1. The average Bonchev–Trinajstić information content (AvgIpc) is 3.50. The first-order chi connectivity index (χ1) is 17.1. The molecule has 0 saturated carbocycles. The maximum absolute atomic E-state index is 13.2. The normalized spacial score (nSPS) is 17.3. The Hall–Kier alpha value is -4.04. The summed E-state index contributed by atoms with van der Waals surface area (Å²) in [5, 5.41) is 6.68. The zero-order valence-corrected chi connectivity index (χ0v) is 19.5. The smallest absolute Gasteiger partial charge is 0.226 e. The highest BCUT2D eigenvalue weighted by atomic mass is 32.1. The summed E-state index contributed by atoms with van der Waals surface area (Å²) in [4.78, 5) is 19.1. The minimum absolute atomic E-state index is 0.191. The molecular weight excluding hydrogens is 463 g/mol. The highest BCUT2D eigenvalue weighted by molar-refractivity contribution is 7.80. The van der Waals surface area contributed by atoms with Crippen molar-refractivity contribution in [1.82, 2.24) is 15.2 Å². The van der Waals surface area contributed by atoms with Gasteiger partial charge in [-0.15, -0.1) is 0 Å². The summed E-state index contributed by atoms with van der Waals surface area (Å²) in [5.41, 5.74) is 2.35. The van der Waals surface area contributed by atoms with Crippen molar-refractivity contribution in [3.05, 3.63) is 108 Å². The van der Waals surface area contributed by atoms with Gasteiger partial charge in [0, 0.05) is 30.4 Å². The second kappa shape index (κ2) is 10.1. The molecule has 0 unspecified atom stereocenters. The van der Waals surface area contributed by atoms with Crippen molar-refractivity contribution < 1.29 is 13.6 Å². The maximum atomic E-state index is 13.2. The zero-order chi connectivity index (χ0) is 24.2. The molecule has 2 aromatic carbocycles. The van der Waals surface area contributed by atoms with E-state index >= 15 is 0 Å². The molecule has 8 heteroatoms. The van der Waals surface area contributed by atoms with Gasteiger partial charge in [-0.1, -0.05) is 36.4 Å². The van der Waals surface area contributed by atoms with E-state index in [1.54, 1.807) is 6.20 Å². The van der Waals surface area contributed by atoms with Crippen molar-refractivity contribution in [2.24, 2.45) is 0 Å². The fourth-order valence-electron chi connectivity index (χ4n) is 4.20. The molecule has 3 heterocycles. The number of anilines is 1. The molecule has 5 rings (SSSR count). The Labute approximate surface area is 207 Å². The number of nitrogens with one attached hydrogen (secondary N) is 2. The summed E-state index contributed by atoms with van der Waals surface area (Å²) in [5.74, 6) is 0.940. The van der Waals surface area contributed by atoms with Gasteiger partial charge in [-0.05, 0) is 60.7 Å². The molecule has 35 heavy (non-hydrogen) atoms. The van der Waals surface area contributed by atoms with Crippen molar-refractivity contribution in [2.45, 2.75) is 18.5 Å². The number of hydrogen-bond donors (Lipinski definition) is 2. The van der Waals surface area contributed by atoms with Crippen LogP contribution in [-0.2, 0) is 4.79 Å². The number of carbonyl (C=O) groups is 1. The third-order valence-corrected chi connectivity index (χ3v) is 6.23. The van der Waals surface area contributed by atoms with Gasteiger partial charge in [-0.25, -0.2) is 4.39 Å². The summed E-state index contributed by atoms with van der Waals surface area (Å²) >= 11 is 5.66. The number of hydrogen-bond acceptors (Lipinski definition) is 4. The van der Waals surface area contributed by atoms with E-state index in [-0.39, 0.29) is 30.2 Å². The third kappa shape index (κ3) is 5.07. The quantitative estimate of drug-likeness (QED) is 0.337. The molecule has 1 aliphatic rings. The molecule has 1 saturated heterocycles. The second-order valence-electron chi connectivity index (χ2n) is 8.19. The number of nitrogens with zero attached hydrogens (tertiary/aromatic N) is 2. The molecule has 176 valence electrons. The lowest BCUT2D eigenvalue weighted by Crippen LogP contribution is -2.32. The number of benzene rings is 2. The molecule has 0 radical (unpaired) electrons. The Morgan fingerprint density at radius 2 is 1.80 bits per heavy atom. The van der Waals surface area contributed by atoms with Crippen LogP contribution >= 0.6 is 12.2 Å². The number of thiocarbonyl (C=S) groups is 1. The number of amides is 1. The monoisotopic (exact) mass is 486 g/mol. The Bertz CT molecular complexity index is 1310. The first-order valence-corrected chi connectivity index (χ1v) is 11.7. The summed E-state index contributed by atoms with van der Waals surface area (Å²) in [7, 11) is 0. The van der Waals surface area contributed by atoms with E-state index in [2.05, 4.69) is 15.6 Å². The van der Waals surface area contributed by atoms with E-state index in [0.29, 0.717) is 17.3 Å². The zero-order valence-electron chi connectivity index (χ0n) is 18.7. The first kappa shape index (κ1) is 22.7. The van der Waals surface area contributed by atoms with Crippen LogP contribution in [0.4, 0.5) is 10.1 Å². The summed E-state index contributed by atoms with van der Waals surface area (Å²) in [6, 6.07) is 24.7. The number of pyridine rings is 1. The Kier molecular flexibility index (Phi) is 6.54. The van der Waals surface area contributed by atoms with Crippen molar-refractivity contribution in [2.75, 3.05) is 11.9 Å². The molecule has 2 N–H and O–H groups in total. The van der Waals surface area contributed by atoms with Crippen molar-refractivity contribution in [1.29, 1.82) is 0 Å². The van der Waals surface area contributed by atoms with Crippen LogP contribution in [0.1, 0.15) is 30.0 Å². The molecular formula is C27H23FN4O2S. The molecule has 0 spiro atoms. The van der Waals surface area contributed by atoms with Crippen molar-refractivity contribution >= 4 is 28.9 Å². The van der Waals surface area contributed by atoms with Crippen LogP contribution in [0.5, 0.6) is 0 Å². The van der Waals surface area contributed by atoms with Gasteiger partial charge in [-0.3, -0.25) is 9.78 Å². The fourth-order valence-corrected chi connectivity index (χ4v) is 4.54. The van der Waals surface area contributed by atoms with Crippen molar-refractivity contribution in [3.63, 3.8) is 0 Å². The Morgan fingerprint density at radius 1 is 1.03 bits per heavy atom. The third-order valence-electron chi connectivity index (χ3n) is 5.88. The van der Waals surface area contributed by atoms with E-state index in [1.165, 1.54) is 24.3 Å². The van der Waals surface area contributed by atoms with E-state index in [9.17, 15) is 9.18 Å². The van der Waals surface area contributed by atoms with Crippen LogP contribution in [-0.4, -0.2) is 27.4 Å². The molecule has 2 aromatic heterocycles. The first-order valence-electron chi connectivity index (χ1n) is 11.3. The number of rotatable bonds is 7. The van der Waals surface area contributed by atoms with Gasteiger partial charge in [0.05, 0.1) is 11.7 Å². The lowest BCUT2D eigenvalue weighted by atomic mass is 10.0. The second-order valence-corrected chi connectivity index (χ2v) is 8.58. The maximum Gasteiger partial charge on any atom is 0.226 e. The Balaban J connectivity index is 1.38. The molecule has 2 atom stereocenters. The van der Waals surface area contributed by atoms with Gasteiger partial charge in [0.2, 0.25) is 5.91 Å². The lowest BCUT2D eigenvalue weighted by Gasteiger charge is -2.25. The molecule has 6 nitrogen and oxygen atoms in total. The standard InChI is InChI=1S/C27H23FN4O2S/c28-19-9-11-20(12-10-19)30-24(33)15-17-32-26(25(31-27(32)35)21-8-4-5-16-29-21)23-14-13-22(34-23)18-6-2-1-3-7-18/h1-14,16,25-26H,15,17H2,(H,30,33)(H,31,35)/t25-,26-/m0/s1. The summed E-state index contributed by atoms with van der Waals surface area (Å²) < 4.78 is 19.4. The average molecular weight is 487 g/mol. The molecule has 1 aliphatic heterocycles. The summed E-state index contributed by atoms with van der Waals surface area (Å²) in [6.45, 7) is 0.369. The Morgan fingerprint density at radius 3 is 2.54 bits per heavy atom. The topological polar surface area (TPSA) is 70.4 Å². The van der Waals surface area contributed by atoms with Crippen LogP contribution in [0.3, 0.4) is 0 Å². The lowest BCUT2D eigenvalue weighted by molar-refractivity contribution is -0.116. The predicted octanol–water partition coefficient (Wildman–Crippen LogP) is 5.48. The SMILES string of the molecule is O=C(CCN1C(=S)N[C@@H](c2ccccn2)[C@@H]1c1ccc(-c2ccccc2)o1)Nc1ccc(F)cc1. The minimum Gasteiger partial charge on any atom is -0.459 e. The van der Waals surface area contributed by atoms with Gasteiger partial charge in [0.15, 0.2) is 5.11 Å². The van der Waals surface area contributed by atoms with Crippen molar-refractivity contribution in [3.8, 4) is 11.3 Å². The molecule has 0 bridgehead atoms. The van der Waals surface area contributed by atoms with E-state index in [0.717, 1.165) is 22.8 Å². The largest absolute Gasteiger partial charge is 0.459 e. The predicted molar refractivity (Wildman–Crippen MR) is 136 cm³/mol. The van der Waals surface area contributed by atoms with Crippen LogP contribution in [0, 0.1) is 5.82 Å². The fraction of sp³-hybridized carbons (Fsp3) is 0.148. The molecule has 4 aromatic rings. The van der Waals surface area contributed by atoms with Gasteiger partial charge in [0.1, 0.15) is 23.4 Å². The minimum atomic E-state index is -0.354. The van der Waals surface area contributed by atoms with E-state index in [4.69, 9.17) is 16.6 Å². The highest BCUT2D eigenvalue weighted by Gasteiger charge is 2.41. The van der Waals surface area contributed by atoms with Gasteiger partial charge in [-0.2, -0.15) is 0 Å². The van der Waals surface area contributed by atoms with E-state index in [1.807, 2.05) is 65.6 Å². The van der Waals surface area contributed by atoms with Gasteiger partial charge in [0.25, 0.3) is 0 Å². The van der Waals surface area contributed by atoms with Gasteiger partial charge < -0.3 is 20.0 Å². The number of carbonyl (C=O) groups excluding carboxylic acids is 1. The van der Waals surface area contributed by atoms with E-state index < -0.39 is 0 Å². The molecule has 1 fully saturated rings. The van der Waals surface area contributed by atoms with Crippen LogP contribution < -0.4 is 10.6 Å². The van der Waals surface area contributed by atoms with Gasteiger partial charge >= 0.3 is 0 Å². The molecule has 1 amide bonds. The van der Waals surface area contributed by atoms with Crippen LogP contribution in [0.15, 0.2) is 95.5 Å². The van der Waals surface area contributed by atoms with Crippen LogP contribution in [0.2, 0.25) is 0 Å². The summed E-state index contributed by atoms with van der Waals surface area (Å²) in [6.07, 6.45) is 1.93. The van der Waals surface area contributed by atoms with Crippen LogP contribution in [0.25, 0.3) is 11.3 Å². The number of halogens is 1. The molecule has 0 aliphatic carbocycles. The highest BCUT2D eigenvalue weighted by Crippen LogP contribution is 2.40. The number of furan rings is 1.